The van der Waals surface area contributed by atoms with Gasteiger partial charge in [0.25, 0.3) is 0 Å². The molecule has 1 aliphatic carbocycles. The summed E-state index contributed by atoms with van der Waals surface area (Å²) in [6.07, 6.45) is -3.07. The topological polar surface area (TPSA) is 166 Å². The second-order valence-corrected chi connectivity index (χ2v) is 7.75. The summed E-state index contributed by atoms with van der Waals surface area (Å²) in [4.78, 5) is 12.0. The lowest BCUT2D eigenvalue weighted by molar-refractivity contribution is -0.319. The monoisotopic (exact) mass is 440 g/mol. The highest BCUT2D eigenvalue weighted by molar-refractivity contribution is 5.87. The van der Waals surface area contributed by atoms with Crippen LogP contribution in [-0.2, 0) is 19.0 Å². The van der Waals surface area contributed by atoms with Crippen molar-refractivity contribution in [1.82, 2.24) is 0 Å². The third kappa shape index (κ3) is 5.94. The highest BCUT2D eigenvalue weighted by atomic mass is 16.7. The molecule has 2 fully saturated rings. The molecule has 10 heteroatoms. The van der Waals surface area contributed by atoms with Crippen LogP contribution in [-0.4, -0.2) is 86.1 Å². The Labute approximate surface area is 178 Å². The number of ether oxygens (including phenoxy) is 3. The van der Waals surface area contributed by atoms with E-state index in [4.69, 9.17) is 14.2 Å². The molecule has 172 valence electrons. The molecule has 10 nitrogen and oxygen atoms in total. The summed E-state index contributed by atoms with van der Waals surface area (Å²) >= 11 is 0. The van der Waals surface area contributed by atoms with Gasteiger partial charge in [0.1, 0.15) is 31.0 Å². The first-order valence-electron chi connectivity index (χ1n) is 10.2. The summed E-state index contributed by atoms with van der Waals surface area (Å²) in [5.41, 5.74) is 0.444. The van der Waals surface area contributed by atoms with Gasteiger partial charge in [0, 0.05) is 6.08 Å². The molecule has 0 bridgehead atoms. The van der Waals surface area contributed by atoms with E-state index in [0.717, 1.165) is 18.9 Å². The molecule has 0 unspecified atom stereocenters. The largest absolute Gasteiger partial charge is 0.504 e. The zero-order valence-corrected chi connectivity index (χ0v) is 16.8. The Balaban J connectivity index is 1.55. The van der Waals surface area contributed by atoms with E-state index >= 15 is 0 Å². The minimum atomic E-state index is -1.58. The number of benzene rings is 1. The molecule has 1 heterocycles. The zero-order valence-electron chi connectivity index (χ0n) is 16.8. The number of aliphatic hydroxyl groups is 4. The first kappa shape index (κ1) is 23.5. The quantitative estimate of drug-likeness (QED) is 0.198. The maximum absolute atomic E-state index is 12.0. The van der Waals surface area contributed by atoms with Gasteiger partial charge in [-0.3, -0.25) is 0 Å². The number of hydrogen-bond acceptors (Lipinski definition) is 10. The predicted molar refractivity (Wildman–Crippen MR) is 106 cm³/mol. The second kappa shape index (κ2) is 10.4. The molecule has 0 aromatic heterocycles. The standard InChI is InChI=1S/C21H28O10/c22-12-7-5-11(9-14(12)24)6-8-17(25)29-10-16-18(26)19(27)20(28)21(31-16)30-15-4-2-1-3-13(15)23/h5-9,13,15-16,18-24,26-28H,1-4,10H2/t13-,15-,16+,18-,19+,20-,21-/m1/s1. The summed E-state index contributed by atoms with van der Waals surface area (Å²) in [7, 11) is 0. The van der Waals surface area contributed by atoms with Gasteiger partial charge in [-0.15, -0.1) is 0 Å². The van der Waals surface area contributed by atoms with Crippen molar-refractivity contribution < 1.29 is 49.6 Å². The van der Waals surface area contributed by atoms with Gasteiger partial charge in [-0.1, -0.05) is 18.9 Å². The molecule has 1 saturated heterocycles. The van der Waals surface area contributed by atoms with Crippen molar-refractivity contribution >= 4 is 12.0 Å². The predicted octanol–water partition coefficient (Wildman–Crippen LogP) is -0.218. The van der Waals surface area contributed by atoms with Crippen molar-refractivity contribution in [3.05, 3.63) is 29.8 Å². The summed E-state index contributed by atoms with van der Waals surface area (Å²) in [6.45, 7) is -0.415. The molecule has 0 radical (unpaired) electrons. The van der Waals surface area contributed by atoms with Crippen molar-refractivity contribution in [2.75, 3.05) is 6.61 Å². The van der Waals surface area contributed by atoms with E-state index in [2.05, 4.69) is 0 Å². The highest BCUT2D eigenvalue weighted by Gasteiger charge is 2.46. The molecule has 1 aromatic carbocycles. The van der Waals surface area contributed by atoms with E-state index in [1.807, 2.05) is 0 Å². The fourth-order valence-corrected chi connectivity index (χ4v) is 3.60. The Kier molecular flexibility index (Phi) is 7.87. The van der Waals surface area contributed by atoms with E-state index < -0.39 is 55.5 Å². The number of aliphatic hydroxyl groups excluding tert-OH is 4. The van der Waals surface area contributed by atoms with E-state index in [0.29, 0.717) is 18.4 Å². The molecular formula is C21H28O10. The zero-order chi connectivity index (χ0) is 22.5. The Morgan fingerprint density at radius 3 is 2.48 bits per heavy atom. The van der Waals surface area contributed by atoms with E-state index in [9.17, 15) is 35.4 Å². The molecule has 3 rings (SSSR count). The van der Waals surface area contributed by atoms with Crippen LogP contribution in [0.4, 0.5) is 0 Å². The first-order valence-corrected chi connectivity index (χ1v) is 10.2. The highest BCUT2D eigenvalue weighted by Crippen LogP contribution is 2.28. The van der Waals surface area contributed by atoms with Gasteiger partial charge in [-0.2, -0.15) is 0 Å². The van der Waals surface area contributed by atoms with Crippen molar-refractivity contribution in [1.29, 1.82) is 0 Å². The summed E-state index contributed by atoms with van der Waals surface area (Å²) in [6, 6.07) is 4.00. The first-order chi connectivity index (χ1) is 14.8. The van der Waals surface area contributed by atoms with Crippen LogP contribution in [0.5, 0.6) is 11.5 Å². The molecular weight excluding hydrogens is 412 g/mol. The third-order valence-corrected chi connectivity index (χ3v) is 5.45. The minimum absolute atomic E-state index is 0.290. The van der Waals surface area contributed by atoms with Gasteiger partial charge < -0.3 is 44.8 Å². The normalized spacial score (nSPS) is 34.0. The van der Waals surface area contributed by atoms with E-state index in [-0.39, 0.29) is 11.5 Å². The SMILES string of the molecule is O=C(C=Cc1ccc(O)c(O)c1)OC[C@@H]1O[C@@H](O[C@@H]2CCCC[C@H]2O)[C@H](O)[C@@H](O)[C@@H]1O. The van der Waals surface area contributed by atoms with Crippen molar-refractivity contribution in [3.63, 3.8) is 0 Å². The van der Waals surface area contributed by atoms with Crippen molar-refractivity contribution in [2.24, 2.45) is 0 Å². The average molecular weight is 440 g/mol. The number of phenols is 2. The van der Waals surface area contributed by atoms with Crippen LogP contribution in [0, 0.1) is 0 Å². The van der Waals surface area contributed by atoms with Gasteiger partial charge >= 0.3 is 5.97 Å². The van der Waals surface area contributed by atoms with Gasteiger partial charge in [-0.05, 0) is 36.6 Å². The molecule has 31 heavy (non-hydrogen) atoms. The van der Waals surface area contributed by atoms with Crippen LogP contribution in [0.15, 0.2) is 24.3 Å². The lowest BCUT2D eigenvalue weighted by Gasteiger charge is -2.42. The number of esters is 1. The second-order valence-electron chi connectivity index (χ2n) is 7.75. The fourth-order valence-electron chi connectivity index (χ4n) is 3.60. The lowest BCUT2D eigenvalue weighted by Crippen LogP contribution is -2.60. The van der Waals surface area contributed by atoms with Crippen LogP contribution in [0.25, 0.3) is 6.08 Å². The van der Waals surface area contributed by atoms with Crippen molar-refractivity contribution in [3.8, 4) is 11.5 Å². The number of rotatable bonds is 6. The Morgan fingerprint density at radius 2 is 1.77 bits per heavy atom. The van der Waals surface area contributed by atoms with Crippen LogP contribution in [0.3, 0.4) is 0 Å². The van der Waals surface area contributed by atoms with Crippen LogP contribution >= 0.6 is 0 Å². The Bertz CT molecular complexity index is 781. The molecule has 1 saturated carbocycles. The minimum Gasteiger partial charge on any atom is -0.504 e. The van der Waals surface area contributed by atoms with Crippen LogP contribution in [0.2, 0.25) is 0 Å². The molecule has 2 aliphatic rings. The van der Waals surface area contributed by atoms with Gasteiger partial charge in [0.2, 0.25) is 0 Å². The molecule has 0 amide bonds. The smallest absolute Gasteiger partial charge is 0.330 e. The van der Waals surface area contributed by atoms with Crippen LogP contribution < -0.4 is 0 Å². The maximum Gasteiger partial charge on any atom is 0.330 e. The number of phenolic OH excluding ortho intramolecular Hbond substituents is 2. The van der Waals surface area contributed by atoms with E-state index in [1.165, 1.54) is 24.3 Å². The van der Waals surface area contributed by atoms with Crippen LogP contribution in [0.1, 0.15) is 31.2 Å². The number of hydrogen-bond donors (Lipinski definition) is 6. The number of carbonyl (C=O) groups excluding carboxylic acids is 1. The Hall–Kier alpha value is -2.21. The number of aromatic hydroxyl groups is 2. The molecule has 1 aliphatic heterocycles. The summed E-state index contributed by atoms with van der Waals surface area (Å²) in [5.74, 6) is -1.40. The third-order valence-electron chi connectivity index (χ3n) is 5.45. The lowest BCUT2D eigenvalue weighted by atomic mass is 9.94. The summed E-state index contributed by atoms with van der Waals surface area (Å²) in [5, 5.41) is 59.3. The average Bonchev–Trinajstić information content (AvgIpc) is 2.75. The van der Waals surface area contributed by atoms with Crippen molar-refractivity contribution in [2.45, 2.75) is 68.6 Å². The summed E-state index contributed by atoms with van der Waals surface area (Å²) < 4.78 is 16.2. The fraction of sp³-hybridized carbons (Fsp3) is 0.571. The number of carbonyl (C=O) groups is 1. The van der Waals surface area contributed by atoms with E-state index in [1.54, 1.807) is 0 Å². The molecule has 0 spiro atoms. The van der Waals surface area contributed by atoms with Gasteiger partial charge in [-0.25, -0.2) is 4.79 Å². The Morgan fingerprint density at radius 1 is 1.03 bits per heavy atom. The molecule has 1 aromatic rings. The van der Waals surface area contributed by atoms with Gasteiger partial charge in [0.05, 0.1) is 12.2 Å². The molecule has 6 N–H and O–H groups in total. The molecule has 7 atom stereocenters. The maximum atomic E-state index is 12.0. The van der Waals surface area contributed by atoms with Gasteiger partial charge in [0.15, 0.2) is 17.8 Å².